The van der Waals surface area contributed by atoms with E-state index >= 15 is 0 Å². The largest absolute Gasteiger partial charge is 0.481 e. The van der Waals surface area contributed by atoms with E-state index in [4.69, 9.17) is 4.37 Å². The number of aromatic nitrogens is 3. The average molecular weight is 472 g/mol. The molecular weight excluding hydrogens is 446 g/mol. The third-order valence-electron chi connectivity index (χ3n) is 6.28. The zero-order valence-electron chi connectivity index (χ0n) is 19.3. The van der Waals surface area contributed by atoms with Crippen LogP contribution in [0.3, 0.4) is 0 Å². The minimum absolute atomic E-state index is 0.186. The Morgan fingerprint density at radius 3 is 2.50 bits per heavy atom. The van der Waals surface area contributed by atoms with Crippen molar-refractivity contribution in [3.05, 3.63) is 99.1 Å². The number of nitrogens with zero attached hydrogens (tertiary/aromatic N) is 3. The Morgan fingerprint density at radius 2 is 1.76 bits per heavy atom. The van der Waals surface area contributed by atoms with Crippen molar-refractivity contribution in [2.45, 2.75) is 39.8 Å². The molecule has 5 aromatic rings. The molecule has 6 nitrogen and oxygen atoms in total. The normalized spacial score (nSPS) is 12.4. The summed E-state index contributed by atoms with van der Waals surface area (Å²) in [5.74, 6) is -0.953. The highest BCUT2D eigenvalue weighted by Gasteiger charge is 2.25. The van der Waals surface area contributed by atoms with Gasteiger partial charge >= 0.3 is 11.7 Å². The summed E-state index contributed by atoms with van der Waals surface area (Å²) in [6, 6.07) is 18.9. The van der Waals surface area contributed by atoms with Crippen molar-refractivity contribution >= 4 is 38.6 Å². The van der Waals surface area contributed by atoms with Crippen LogP contribution in [0.5, 0.6) is 0 Å². The van der Waals surface area contributed by atoms with Crippen LogP contribution in [0.15, 0.2) is 65.5 Å². The first-order valence-corrected chi connectivity index (χ1v) is 11.9. The number of fused-ring (bicyclic) bond motifs is 2. The number of carbonyl (C=O) groups is 1. The lowest BCUT2D eigenvalue weighted by Gasteiger charge is -2.17. The van der Waals surface area contributed by atoms with Crippen LogP contribution in [0.1, 0.15) is 40.4 Å². The van der Waals surface area contributed by atoms with Crippen molar-refractivity contribution in [2.24, 2.45) is 0 Å². The number of hydrogen-bond donors (Lipinski definition) is 1. The third kappa shape index (κ3) is 3.82. The van der Waals surface area contributed by atoms with Gasteiger partial charge in [0, 0.05) is 5.39 Å². The van der Waals surface area contributed by atoms with E-state index in [1.165, 1.54) is 17.1 Å². The highest BCUT2D eigenvalue weighted by molar-refractivity contribution is 7.13. The fourth-order valence-corrected chi connectivity index (χ4v) is 5.79. The van der Waals surface area contributed by atoms with Crippen LogP contribution in [0.4, 0.5) is 0 Å². The molecule has 2 heterocycles. The van der Waals surface area contributed by atoms with Crippen LogP contribution in [0.2, 0.25) is 0 Å². The van der Waals surface area contributed by atoms with E-state index in [-0.39, 0.29) is 12.1 Å². The molecule has 0 saturated carbocycles. The Kier molecular flexibility index (Phi) is 5.57. The predicted molar refractivity (Wildman–Crippen MR) is 136 cm³/mol. The summed E-state index contributed by atoms with van der Waals surface area (Å²) in [7, 11) is 0. The molecule has 0 radical (unpaired) electrons. The smallest absolute Gasteiger partial charge is 0.330 e. The second kappa shape index (κ2) is 8.57. The maximum Gasteiger partial charge on any atom is 0.330 e. The van der Waals surface area contributed by atoms with E-state index in [9.17, 15) is 14.7 Å². The zero-order chi connectivity index (χ0) is 24.0. The predicted octanol–water partition coefficient (Wildman–Crippen LogP) is 5.45. The minimum Gasteiger partial charge on any atom is -0.481 e. The summed E-state index contributed by atoms with van der Waals surface area (Å²) in [4.78, 5) is 25.7. The zero-order valence-corrected chi connectivity index (χ0v) is 20.1. The first-order valence-electron chi connectivity index (χ1n) is 11.2. The Hall–Kier alpha value is -3.71. The van der Waals surface area contributed by atoms with Crippen LogP contribution in [0, 0.1) is 20.8 Å². The van der Waals surface area contributed by atoms with Gasteiger partial charge in [0.2, 0.25) is 0 Å². The summed E-state index contributed by atoms with van der Waals surface area (Å²) >= 11 is 1.44. The number of aryl methyl sites for hydroxylation is 3. The fraction of sp³-hybridized carbons (Fsp3) is 0.222. The molecule has 5 rings (SSSR count). The number of rotatable bonds is 6. The van der Waals surface area contributed by atoms with Gasteiger partial charge in [-0.1, -0.05) is 42.5 Å². The van der Waals surface area contributed by atoms with Crippen LogP contribution < -0.4 is 5.69 Å². The summed E-state index contributed by atoms with van der Waals surface area (Å²) in [6.07, 6.45) is -0.186. The molecule has 0 bridgehead atoms. The SMILES string of the molecule is Cc1cc(C)c2c(Cn3c(=O)n(C(CC(=O)O)c4ccccc4)c4cc(C)ccc43)nsc2c1. The maximum absolute atomic E-state index is 13.9. The van der Waals surface area contributed by atoms with E-state index in [1.807, 2.05) is 55.5 Å². The molecule has 0 aliphatic carbocycles. The van der Waals surface area contributed by atoms with Gasteiger partial charge in [0.15, 0.2) is 0 Å². The number of carboxylic acids is 1. The Balaban J connectivity index is 1.73. The Morgan fingerprint density at radius 1 is 1.00 bits per heavy atom. The molecule has 2 aromatic heterocycles. The fourth-order valence-electron chi connectivity index (χ4n) is 4.82. The molecule has 3 aromatic carbocycles. The molecule has 172 valence electrons. The lowest BCUT2D eigenvalue weighted by molar-refractivity contribution is -0.137. The standard InChI is InChI=1S/C27H25N3O3S/c1-16-9-10-21-23(12-16)30(22(14-25(31)32)19-7-5-4-6-8-19)27(33)29(21)15-20-26-18(3)11-17(2)13-24(26)34-28-20/h4-13,22H,14-15H2,1-3H3,(H,31,32). The molecule has 0 aliphatic rings. The molecule has 0 fully saturated rings. The molecule has 1 N–H and O–H groups in total. The summed E-state index contributed by atoms with van der Waals surface area (Å²) < 4.78 is 9.16. The molecule has 34 heavy (non-hydrogen) atoms. The van der Waals surface area contributed by atoms with Gasteiger partial charge in [-0.05, 0) is 72.8 Å². The molecular formula is C27H25N3O3S. The molecule has 0 amide bonds. The highest BCUT2D eigenvalue weighted by atomic mass is 32.1. The second-order valence-corrected chi connectivity index (χ2v) is 9.64. The first-order chi connectivity index (χ1) is 16.3. The van der Waals surface area contributed by atoms with Gasteiger partial charge in [-0.3, -0.25) is 13.9 Å². The number of imidazole rings is 1. The van der Waals surface area contributed by atoms with E-state index in [1.54, 1.807) is 9.13 Å². The maximum atomic E-state index is 13.9. The molecule has 0 spiro atoms. The number of carboxylic acid groups (broad SMARTS) is 1. The van der Waals surface area contributed by atoms with Crippen molar-refractivity contribution in [2.75, 3.05) is 0 Å². The highest BCUT2D eigenvalue weighted by Crippen LogP contribution is 2.30. The monoisotopic (exact) mass is 471 g/mol. The van der Waals surface area contributed by atoms with E-state index in [0.717, 1.165) is 43.5 Å². The van der Waals surface area contributed by atoms with Crippen molar-refractivity contribution < 1.29 is 9.90 Å². The Bertz CT molecular complexity index is 1590. The quantitative estimate of drug-likeness (QED) is 0.357. The van der Waals surface area contributed by atoms with Gasteiger partial charge in [-0.25, -0.2) is 4.79 Å². The van der Waals surface area contributed by atoms with Crippen molar-refractivity contribution in [3.63, 3.8) is 0 Å². The van der Waals surface area contributed by atoms with Crippen molar-refractivity contribution in [1.29, 1.82) is 0 Å². The van der Waals surface area contributed by atoms with Gasteiger partial charge < -0.3 is 5.11 Å². The lowest BCUT2D eigenvalue weighted by Crippen LogP contribution is -2.29. The van der Waals surface area contributed by atoms with Crippen LogP contribution in [0.25, 0.3) is 21.1 Å². The lowest BCUT2D eigenvalue weighted by atomic mass is 10.0. The molecule has 0 saturated heterocycles. The summed E-state index contributed by atoms with van der Waals surface area (Å²) in [5, 5.41) is 10.8. The summed E-state index contributed by atoms with van der Waals surface area (Å²) in [5.41, 5.74) is 6.24. The van der Waals surface area contributed by atoms with Gasteiger partial charge in [0.05, 0.1) is 40.4 Å². The molecule has 7 heteroatoms. The molecule has 1 unspecified atom stereocenters. The number of benzene rings is 3. The van der Waals surface area contributed by atoms with Gasteiger partial charge in [-0.15, -0.1) is 0 Å². The van der Waals surface area contributed by atoms with Gasteiger partial charge in [0.1, 0.15) is 0 Å². The van der Waals surface area contributed by atoms with Gasteiger partial charge in [-0.2, -0.15) is 4.37 Å². The number of aliphatic carboxylic acids is 1. The van der Waals surface area contributed by atoms with Crippen molar-refractivity contribution in [3.8, 4) is 0 Å². The van der Waals surface area contributed by atoms with Crippen LogP contribution >= 0.6 is 11.5 Å². The first kappa shape index (κ1) is 22.1. The third-order valence-corrected chi connectivity index (χ3v) is 7.11. The average Bonchev–Trinajstić information content (AvgIpc) is 3.31. The molecule has 0 aliphatic heterocycles. The van der Waals surface area contributed by atoms with Crippen LogP contribution in [-0.2, 0) is 11.3 Å². The van der Waals surface area contributed by atoms with Crippen LogP contribution in [-0.4, -0.2) is 24.6 Å². The van der Waals surface area contributed by atoms with E-state index in [0.29, 0.717) is 6.54 Å². The minimum atomic E-state index is -0.953. The summed E-state index contributed by atoms with van der Waals surface area (Å²) in [6.45, 7) is 6.43. The topological polar surface area (TPSA) is 77.1 Å². The van der Waals surface area contributed by atoms with Gasteiger partial charge in [0.25, 0.3) is 0 Å². The molecule has 1 atom stereocenters. The Labute approximate surface area is 200 Å². The second-order valence-electron chi connectivity index (χ2n) is 8.84. The van der Waals surface area contributed by atoms with E-state index < -0.39 is 12.0 Å². The number of hydrogen-bond acceptors (Lipinski definition) is 4. The van der Waals surface area contributed by atoms with E-state index in [2.05, 4.69) is 26.0 Å². The van der Waals surface area contributed by atoms with Crippen molar-refractivity contribution in [1.82, 2.24) is 13.5 Å².